The van der Waals surface area contributed by atoms with Crippen LogP contribution in [-0.2, 0) is 5.41 Å². The van der Waals surface area contributed by atoms with E-state index in [0.29, 0.717) is 11.3 Å². The van der Waals surface area contributed by atoms with Crippen LogP contribution >= 0.6 is 0 Å². The molecule has 4 heterocycles. The molecule has 2 aliphatic heterocycles. The number of hydrogen-bond acceptors (Lipinski definition) is 2. The summed E-state index contributed by atoms with van der Waals surface area (Å²) >= 11 is 0. The molecule has 360 valence electrons. The summed E-state index contributed by atoms with van der Waals surface area (Å²) in [6.45, 7) is 4.88. The van der Waals surface area contributed by atoms with Gasteiger partial charge in [0.05, 0.1) is 35.2 Å². The van der Waals surface area contributed by atoms with Crippen LogP contribution in [0.1, 0.15) is 24.0 Å². The van der Waals surface area contributed by atoms with Crippen LogP contribution in [0, 0.1) is 23.2 Å². The first-order valence-corrected chi connectivity index (χ1v) is 30.4. The molecule has 5 atom stereocenters. The number of hydrogen-bond donors (Lipinski definition) is 0. The highest BCUT2D eigenvalue weighted by atomic mass is 28.3. The maximum absolute atomic E-state index is 2.73. The molecular formula is C71H50BN4Si+. The van der Waals surface area contributed by atoms with Crippen molar-refractivity contribution in [2.75, 3.05) is 9.80 Å². The predicted octanol–water partition coefficient (Wildman–Crippen LogP) is 14.8. The minimum Gasteiger partial charge on any atom is -0.311 e. The number of allylic oxidation sites excluding steroid dienone is 2. The Morgan fingerprint density at radius 3 is 1.55 bits per heavy atom. The number of fused-ring (bicyclic) bond motifs is 17. The van der Waals surface area contributed by atoms with E-state index in [9.17, 15) is 0 Å². The first-order chi connectivity index (χ1) is 38.0. The summed E-state index contributed by atoms with van der Waals surface area (Å²) < 4.78 is 5.00. The van der Waals surface area contributed by atoms with Crippen LogP contribution in [0.15, 0.2) is 230 Å². The maximum atomic E-state index is 2.73. The van der Waals surface area contributed by atoms with Crippen molar-refractivity contribution in [3.05, 3.63) is 241 Å². The van der Waals surface area contributed by atoms with Crippen molar-refractivity contribution in [2.24, 2.45) is 23.2 Å². The van der Waals surface area contributed by atoms with Crippen LogP contribution in [0.5, 0.6) is 0 Å². The quantitative estimate of drug-likeness (QED) is 0.126. The highest BCUT2D eigenvalue weighted by Gasteiger charge is 2.87. The highest BCUT2D eigenvalue weighted by molar-refractivity contribution is 7.00. The molecule has 2 spiro atoms. The van der Waals surface area contributed by atoms with Gasteiger partial charge in [-0.05, 0) is 154 Å². The monoisotopic (exact) mass is 997 g/mol. The number of anilines is 6. The number of aromatic nitrogens is 2. The van der Waals surface area contributed by atoms with Gasteiger partial charge in [-0.1, -0.05) is 145 Å². The molecule has 77 heavy (non-hydrogen) atoms. The lowest BCUT2D eigenvalue weighted by atomic mass is 9.16. The van der Waals surface area contributed by atoms with Gasteiger partial charge >= 0.3 is 8.80 Å². The van der Waals surface area contributed by atoms with Gasteiger partial charge < -0.3 is 18.9 Å². The summed E-state index contributed by atoms with van der Waals surface area (Å²) in [5, 5.41) is 6.52. The van der Waals surface area contributed by atoms with Crippen LogP contribution < -0.4 is 31.4 Å². The van der Waals surface area contributed by atoms with Gasteiger partial charge in [0.2, 0.25) is 0 Å². The number of rotatable bonds is 5. The van der Waals surface area contributed by atoms with Gasteiger partial charge in [-0.15, -0.1) is 0 Å². The van der Waals surface area contributed by atoms with E-state index in [-0.39, 0.29) is 12.1 Å². The zero-order valence-corrected chi connectivity index (χ0v) is 43.9. The Balaban J connectivity index is 0.948. The van der Waals surface area contributed by atoms with E-state index >= 15 is 0 Å². The zero-order valence-electron chi connectivity index (χ0n) is 42.9. The van der Waals surface area contributed by atoms with E-state index in [1.807, 2.05) is 0 Å². The van der Waals surface area contributed by atoms with Crippen LogP contribution in [0.2, 0.25) is 13.1 Å². The lowest BCUT2D eigenvalue weighted by molar-refractivity contribution is -0.255. The molecular weight excluding hydrogens is 948 g/mol. The summed E-state index contributed by atoms with van der Waals surface area (Å²) in [5.74, 6) is 2.35. The van der Waals surface area contributed by atoms with Crippen molar-refractivity contribution in [1.82, 2.24) is 9.13 Å². The lowest BCUT2D eigenvalue weighted by Crippen LogP contribution is -2.82. The van der Waals surface area contributed by atoms with Crippen LogP contribution in [0.3, 0.4) is 0 Å². The van der Waals surface area contributed by atoms with Gasteiger partial charge in [-0.25, -0.2) is 0 Å². The van der Waals surface area contributed by atoms with Gasteiger partial charge in [0, 0.05) is 77.9 Å². The Hall–Kier alpha value is -8.58. The number of nitrogens with zero attached hydrogens (tertiary/aromatic N) is 4. The maximum Gasteiger partial charge on any atom is 0.345 e. The van der Waals surface area contributed by atoms with Gasteiger partial charge in [0.25, 0.3) is 6.71 Å². The van der Waals surface area contributed by atoms with Crippen molar-refractivity contribution in [1.29, 1.82) is 0 Å². The van der Waals surface area contributed by atoms with Crippen molar-refractivity contribution in [3.63, 3.8) is 0 Å². The third-order valence-electron chi connectivity index (χ3n) is 20.3. The van der Waals surface area contributed by atoms with Gasteiger partial charge in [-0.2, -0.15) is 0 Å². The molecule has 0 amide bonds. The van der Waals surface area contributed by atoms with E-state index in [0.717, 1.165) is 11.8 Å². The molecule has 10 aromatic carbocycles. The molecule has 3 fully saturated rings. The van der Waals surface area contributed by atoms with Crippen LogP contribution in [0.25, 0.3) is 66.1 Å². The third kappa shape index (κ3) is 4.79. The molecule has 0 bridgehead atoms. The largest absolute Gasteiger partial charge is 0.345 e. The first kappa shape index (κ1) is 41.6. The highest BCUT2D eigenvalue weighted by Crippen LogP contribution is 2.92. The molecule has 19 rings (SSSR count). The molecule has 5 aliphatic carbocycles. The van der Waals surface area contributed by atoms with Gasteiger partial charge in [-0.3, -0.25) is 0 Å². The first-order valence-electron chi connectivity index (χ1n) is 27.9. The average molecular weight is 998 g/mol. The molecule has 6 heteroatoms. The van der Waals surface area contributed by atoms with E-state index in [2.05, 4.69) is 256 Å². The molecule has 0 N–H and O–H groups in total. The summed E-state index contributed by atoms with van der Waals surface area (Å²) in [6.07, 6.45) is 5.47. The van der Waals surface area contributed by atoms with E-state index in [1.165, 1.54) is 140 Å². The van der Waals surface area contributed by atoms with Crippen molar-refractivity contribution in [2.45, 2.75) is 31.4 Å². The summed E-state index contributed by atoms with van der Waals surface area (Å²) in [6, 6.07) is 84.0. The molecule has 0 saturated heterocycles. The lowest BCUT2D eigenvalue weighted by Gasteiger charge is -2.87. The van der Waals surface area contributed by atoms with E-state index in [1.54, 1.807) is 11.1 Å². The van der Waals surface area contributed by atoms with E-state index in [4.69, 9.17) is 0 Å². The molecule has 0 radical (unpaired) electrons. The Kier molecular flexibility index (Phi) is 7.71. The Morgan fingerprint density at radius 1 is 0.442 bits per heavy atom. The minimum atomic E-state index is -0.961. The SMILES string of the molecule is C[Si+](C)c1cc2c3c(c1)N(c1ccc4c(c1)C1(C5=CC6CC7CC1C567)c1ccccc1-4)c1cc4c(cc1B3c1cc3c5ccccc5n(-c5ccccc5)c3cc1N2c1ccccc1)c1ccccc1n4-c1ccccc1. The topological polar surface area (TPSA) is 16.3 Å². The average Bonchev–Trinajstić information content (AvgIpc) is 2.13. The van der Waals surface area contributed by atoms with Gasteiger partial charge in [0.15, 0.2) is 0 Å². The fraction of sp³-hybridized carbons (Fsp3) is 0.127. The summed E-state index contributed by atoms with van der Waals surface area (Å²) in [5.41, 5.74) is 26.8. The minimum absolute atomic E-state index is 0.0438. The third-order valence-corrected chi connectivity index (χ3v) is 21.8. The second kappa shape index (κ2) is 14.3. The second-order valence-electron chi connectivity index (χ2n) is 23.5. The fourth-order valence-corrected chi connectivity index (χ4v) is 18.2. The molecule has 2 aromatic heterocycles. The molecule has 7 aliphatic rings. The van der Waals surface area contributed by atoms with E-state index < -0.39 is 8.80 Å². The van der Waals surface area contributed by atoms with Crippen molar-refractivity contribution >= 4 is 115 Å². The molecule has 12 aromatic rings. The second-order valence-corrected chi connectivity index (χ2v) is 26.1. The Bertz CT molecular complexity index is 4670. The molecule has 5 unspecified atom stereocenters. The Morgan fingerprint density at radius 2 is 0.974 bits per heavy atom. The van der Waals surface area contributed by atoms with Crippen molar-refractivity contribution < 1.29 is 0 Å². The predicted molar refractivity (Wildman–Crippen MR) is 323 cm³/mol. The number of para-hydroxylation sites is 5. The van der Waals surface area contributed by atoms with Crippen LogP contribution in [0.4, 0.5) is 34.1 Å². The van der Waals surface area contributed by atoms with Crippen molar-refractivity contribution in [3.8, 4) is 22.5 Å². The Labute approximate surface area is 449 Å². The van der Waals surface area contributed by atoms with Gasteiger partial charge in [0.1, 0.15) is 5.19 Å². The number of benzene rings is 10. The molecule has 4 nitrogen and oxygen atoms in total. The summed E-state index contributed by atoms with van der Waals surface area (Å²) in [7, 11) is -0.961. The van der Waals surface area contributed by atoms with Crippen LogP contribution in [-0.4, -0.2) is 24.6 Å². The smallest absolute Gasteiger partial charge is 0.311 e. The zero-order chi connectivity index (χ0) is 50.2. The summed E-state index contributed by atoms with van der Waals surface area (Å²) in [4.78, 5) is 5.36. The standard InChI is InChI=1S/C71H50BN4Si/c1-77(2)48-36-65-69-66(37-48)76(47-30-31-50-49-24-12-15-27-55(49)71(56(50)35-47)67-33-42-32-43-34-68(71)70(42,43)67)64-41-62-54(52-26-14-17-29-60(52)74(62)45-20-8-4-9-21-45)39-58(64)72(69)57-38-53-51-25-13-16-28-59(51)73(44-18-6-3-7-19-44)61(53)40-63(57)75(65)46-22-10-5-11-23-46/h3-31,33,35-43,68H,32,34H2,1-2H3/q+1. The normalized spacial score (nSPS) is 22.0. The molecule has 3 saturated carbocycles. The fourth-order valence-electron chi connectivity index (χ4n) is 17.3.